The van der Waals surface area contributed by atoms with Crippen molar-refractivity contribution in [3.8, 4) is 0 Å². The van der Waals surface area contributed by atoms with Gasteiger partial charge in [0, 0.05) is 11.8 Å². The van der Waals surface area contributed by atoms with Crippen LogP contribution in [-0.4, -0.2) is 23.2 Å². The van der Waals surface area contributed by atoms with Crippen molar-refractivity contribution >= 4 is 11.7 Å². The molecule has 90 valence electrons. The number of carbonyl (C=O) groups is 2. The lowest BCUT2D eigenvalue weighted by atomic mass is 10.1. The molecule has 18 heavy (non-hydrogen) atoms. The van der Waals surface area contributed by atoms with Gasteiger partial charge in [-0.15, -0.1) is 0 Å². The third kappa shape index (κ3) is 3.01. The fourth-order valence-electron chi connectivity index (χ4n) is 1.47. The summed E-state index contributed by atoms with van der Waals surface area (Å²) in [6.07, 6.45) is 1.54. The molecule has 0 saturated carbocycles. The van der Waals surface area contributed by atoms with Gasteiger partial charge in [-0.3, -0.25) is 14.6 Å². The Kier molecular flexibility index (Phi) is 3.81. The van der Waals surface area contributed by atoms with Crippen LogP contribution in [0.5, 0.6) is 0 Å². The van der Waals surface area contributed by atoms with Crippen molar-refractivity contribution in [2.75, 3.05) is 6.54 Å². The van der Waals surface area contributed by atoms with Crippen LogP contribution >= 0.6 is 0 Å². The van der Waals surface area contributed by atoms with Crippen molar-refractivity contribution in [3.63, 3.8) is 0 Å². The number of benzene rings is 1. The van der Waals surface area contributed by atoms with Crippen molar-refractivity contribution in [1.29, 1.82) is 0 Å². The molecule has 0 atom stereocenters. The molecule has 0 aliphatic carbocycles. The zero-order valence-corrected chi connectivity index (χ0v) is 9.67. The number of ketones is 1. The average molecular weight is 240 g/mol. The van der Waals surface area contributed by atoms with Crippen LogP contribution in [0.4, 0.5) is 0 Å². The molecule has 0 aliphatic heterocycles. The molecule has 1 aromatic heterocycles. The van der Waals surface area contributed by atoms with Crippen molar-refractivity contribution in [3.05, 3.63) is 66.0 Å². The number of nitrogens with one attached hydrogen (secondary N) is 1. The van der Waals surface area contributed by atoms with Gasteiger partial charge in [-0.1, -0.05) is 36.4 Å². The summed E-state index contributed by atoms with van der Waals surface area (Å²) in [5.41, 5.74) is 0.886. The Balaban J connectivity index is 1.93. The van der Waals surface area contributed by atoms with Gasteiger partial charge in [0.25, 0.3) is 5.91 Å². The number of aromatic nitrogens is 1. The maximum atomic E-state index is 11.7. The maximum absolute atomic E-state index is 11.7. The Morgan fingerprint density at radius 1 is 1.00 bits per heavy atom. The number of pyridine rings is 1. The third-order valence-corrected chi connectivity index (χ3v) is 2.40. The third-order valence-electron chi connectivity index (χ3n) is 2.40. The number of rotatable bonds is 4. The van der Waals surface area contributed by atoms with Crippen molar-refractivity contribution in [2.24, 2.45) is 0 Å². The minimum atomic E-state index is -0.347. The molecule has 1 amide bonds. The number of amides is 1. The highest BCUT2D eigenvalue weighted by Crippen LogP contribution is 1.99. The molecular weight excluding hydrogens is 228 g/mol. The molecule has 0 bridgehead atoms. The predicted molar refractivity (Wildman–Crippen MR) is 67.3 cm³/mol. The monoisotopic (exact) mass is 240 g/mol. The van der Waals surface area contributed by atoms with Crippen LogP contribution in [0.1, 0.15) is 20.8 Å². The summed E-state index contributed by atoms with van der Waals surface area (Å²) < 4.78 is 0. The highest BCUT2D eigenvalue weighted by atomic mass is 16.2. The lowest BCUT2D eigenvalue weighted by molar-refractivity contribution is 0.0901. The second-order valence-corrected chi connectivity index (χ2v) is 3.69. The topological polar surface area (TPSA) is 59.1 Å². The first-order valence-electron chi connectivity index (χ1n) is 5.55. The highest BCUT2D eigenvalue weighted by Gasteiger charge is 2.09. The molecule has 4 heteroatoms. The molecule has 1 aromatic carbocycles. The molecule has 1 N–H and O–H groups in total. The molecule has 0 fully saturated rings. The summed E-state index contributed by atoms with van der Waals surface area (Å²) in [5.74, 6) is -0.472. The van der Waals surface area contributed by atoms with Gasteiger partial charge in [-0.2, -0.15) is 0 Å². The SMILES string of the molecule is O=C(CNC(=O)c1ccccn1)c1ccccc1. The first-order valence-corrected chi connectivity index (χ1v) is 5.55. The standard InChI is InChI=1S/C14H12N2O2/c17-13(11-6-2-1-3-7-11)10-16-14(18)12-8-4-5-9-15-12/h1-9H,10H2,(H,16,18). The Hall–Kier alpha value is -2.49. The Bertz CT molecular complexity index is 487. The summed E-state index contributed by atoms with van der Waals surface area (Å²) in [7, 11) is 0. The van der Waals surface area contributed by atoms with Crippen LogP contribution in [0.15, 0.2) is 54.7 Å². The van der Waals surface area contributed by atoms with Crippen LogP contribution in [0, 0.1) is 0 Å². The number of Topliss-reactive ketones (excluding diaryl/α,β-unsaturated/α-hetero) is 1. The average Bonchev–Trinajstić information content (AvgIpc) is 2.46. The Morgan fingerprint density at radius 2 is 1.72 bits per heavy atom. The van der Waals surface area contributed by atoms with E-state index in [0.29, 0.717) is 11.3 Å². The van der Waals surface area contributed by atoms with E-state index in [1.807, 2.05) is 6.07 Å². The summed E-state index contributed by atoms with van der Waals surface area (Å²) >= 11 is 0. The molecule has 2 aromatic rings. The minimum absolute atomic E-state index is 0.0284. The normalized spacial score (nSPS) is 9.78. The largest absolute Gasteiger partial charge is 0.343 e. The summed E-state index contributed by atoms with van der Waals surface area (Å²) in [6, 6.07) is 13.9. The summed E-state index contributed by atoms with van der Waals surface area (Å²) in [6.45, 7) is -0.0284. The van der Waals surface area contributed by atoms with Gasteiger partial charge < -0.3 is 5.32 Å². The van der Waals surface area contributed by atoms with Crippen LogP contribution < -0.4 is 5.32 Å². The fraction of sp³-hybridized carbons (Fsp3) is 0.0714. The first-order chi connectivity index (χ1) is 8.77. The van der Waals surface area contributed by atoms with Crippen molar-refractivity contribution < 1.29 is 9.59 Å². The predicted octanol–water partition coefficient (Wildman–Crippen LogP) is 1.69. The second-order valence-electron chi connectivity index (χ2n) is 3.69. The van der Waals surface area contributed by atoms with E-state index >= 15 is 0 Å². The van der Waals surface area contributed by atoms with E-state index in [4.69, 9.17) is 0 Å². The van der Waals surface area contributed by atoms with Crippen LogP contribution in [0.25, 0.3) is 0 Å². The molecular formula is C14H12N2O2. The Morgan fingerprint density at radius 3 is 2.39 bits per heavy atom. The van der Waals surface area contributed by atoms with Gasteiger partial charge in [-0.25, -0.2) is 0 Å². The summed E-state index contributed by atoms with van der Waals surface area (Å²) in [4.78, 5) is 27.3. The van der Waals surface area contributed by atoms with Crippen LogP contribution in [0.3, 0.4) is 0 Å². The lowest BCUT2D eigenvalue weighted by Crippen LogP contribution is -2.30. The highest BCUT2D eigenvalue weighted by molar-refractivity contribution is 6.01. The second kappa shape index (κ2) is 5.72. The first kappa shape index (κ1) is 12.0. The lowest BCUT2D eigenvalue weighted by Gasteiger charge is -2.03. The number of hydrogen-bond donors (Lipinski definition) is 1. The molecule has 0 unspecified atom stereocenters. The van der Waals surface area contributed by atoms with E-state index in [0.717, 1.165) is 0 Å². The van der Waals surface area contributed by atoms with Gasteiger partial charge in [0.05, 0.1) is 6.54 Å². The van der Waals surface area contributed by atoms with Gasteiger partial charge in [0.2, 0.25) is 0 Å². The zero-order valence-electron chi connectivity index (χ0n) is 9.67. The van der Waals surface area contributed by atoms with Crippen molar-refractivity contribution in [1.82, 2.24) is 10.3 Å². The zero-order chi connectivity index (χ0) is 12.8. The van der Waals surface area contributed by atoms with E-state index in [2.05, 4.69) is 10.3 Å². The van der Waals surface area contributed by atoms with E-state index in [1.54, 1.807) is 42.5 Å². The smallest absolute Gasteiger partial charge is 0.270 e. The number of carbonyl (C=O) groups excluding carboxylic acids is 2. The molecule has 0 saturated heterocycles. The maximum Gasteiger partial charge on any atom is 0.270 e. The number of hydrogen-bond acceptors (Lipinski definition) is 3. The van der Waals surface area contributed by atoms with Gasteiger partial charge in [0.15, 0.2) is 5.78 Å². The molecule has 0 radical (unpaired) electrons. The molecule has 1 heterocycles. The van der Waals surface area contributed by atoms with E-state index in [-0.39, 0.29) is 18.2 Å². The molecule has 2 rings (SSSR count). The van der Waals surface area contributed by atoms with Crippen LogP contribution in [-0.2, 0) is 0 Å². The van der Waals surface area contributed by atoms with Gasteiger partial charge in [-0.05, 0) is 12.1 Å². The van der Waals surface area contributed by atoms with E-state index in [9.17, 15) is 9.59 Å². The molecule has 0 aliphatic rings. The van der Waals surface area contributed by atoms with E-state index < -0.39 is 0 Å². The summed E-state index contributed by atoms with van der Waals surface area (Å²) in [5, 5.41) is 2.55. The minimum Gasteiger partial charge on any atom is -0.343 e. The number of nitrogens with zero attached hydrogens (tertiary/aromatic N) is 1. The van der Waals surface area contributed by atoms with Crippen molar-refractivity contribution in [2.45, 2.75) is 0 Å². The van der Waals surface area contributed by atoms with Gasteiger partial charge >= 0.3 is 0 Å². The fourth-order valence-corrected chi connectivity index (χ4v) is 1.47. The van der Waals surface area contributed by atoms with Gasteiger partial charge in [0.1, 0.15) is 5.69 Å². The van der Waals surface area contributed by atoms with Crippen LogP contribution in [0.2, 0.25) is 0 Å². The Labute approximate surface area is 105 Å². The van der Waals surface area contributed by atoms with E-state index in [1.165, 1.54) is 6.20 Å². The molecule has 0 spiro atoms. The molecule has 4 nitrogen and oxygen atoms in total. The quantitative estimate of drug-likeness (QED) is 0.827.